The molecule has 0 aromatic carbocycles. The summed E-state index contributed by atoms with van der Waals surface area (Å²) in [6, 6.07) is 1.97. The summed E-state index contributed by atoms with van der Waals surface area (Å²) in [6.45, 7) is 7.36. The zero-order valence-corrected chi connectivity index (χ0v) is 15.5. The molecule has 0 amide bonds. The monoisotopic (exact) mass is 361 g/mol. The molecule has 0 radical (unpaired) electrons. The molecule has 2 aromatic rings. The summed E-state index contributed by atoms with van der Waals surface area (Å²) in [7, 11) is 0. The highest BCUT2D eigenvalue weighted by atomic mass is 19.1. The van der Waals surface area contributed by atoms with Gasteiger partial charge in [-0.05, 0) is 32.8 Å². The zero-order chi connectivity index (χ0) is 19.1. The van der Waals surface area contributed by atoms with Crippen molar-refractivity contribution in [1.29, 1.82) is 5.26 Å². The molecule has 1 aliphatic rings. The van der Waals surface area contributed by atoms with E-state index in [1.54, 1.807) is 17.6 Å². The number of fused-ring (bicyclic) bond motifs is 1. The van der Waals surface area contributed by atoms with Crippen molar-refractivity contribution in [2.24, 2.45) is 0 Å². The second-order valence-electron chi connectivity index (χ2n) is 7.34. The summed E-state index contributed by atoms with van der Waals surface area (Å²) >= 11 is 0. The van der Waals surface area contributed by atoms with E-state index in [9.17, 15) is 14.8 Å². The largest absolute Gasteiger partial charge is 0.389 e. The molecule has 26 heavy (non-hydrogen) atoms. The molecule has 1 fully saturated rings. The van der Waals surface area contributed by atoms with Gasteiger partial charge in [-0.25, -0.2) is 13.9 Å². The van der Waals surface area contributed by atoms with Crippen LogP contribution in [0.25, 0.3) is 5.52 Å². The summed E-state index contributed by atoms with van der Waals surface area (Å²) < 4.78 is 21.4. The van der Waals surface area contributed by atoms with Crippen molar-refractivity contribution in [3.05, 3.63) is 23.0 Å². The summed E-state index contributed by atoms with van der Waals surface area (Å²) in [5.74, 6) is -0.206. The first-order valence-electron chi connectivity index (χ1n) is 8.73. The van der Waals surface area contributed by atoms with Crippen LogP contribution in [0.3, 0.4) is 0 Å². The number of nitriles is 1. The maximum Gasteiger partial charge on any atom is 0.241 e. The number of nitrogens with one attached hydrogen (secondary N) is 1. The topological polar surface area (TPSA) is 95.5 Å². The van der Waals surface area contributed by atoms with Crippen molar-refractivity contribution in [3.8, 4) is 6.07 Å². The number of anilines is 1. The van der Waals surface area contributed by atoms with Gasteiger partial charge in [0.1, 0.15) is 11.7 Å². The molecule has 0 spiro atoms. The average molecular weight is 361 g/mol. The molecule has 1 aliphatic heterocycles. The van der Waals surface area contributed by atoms with E-state index in [2.05, 4.69) is 21.5 Å². The molecule has 3 heterocycles. The van der Waals surface area contributed by atoms with Crippen LogP contribution in [-0.4, -0.2) is 50.7 Å². The Bertz CT molecular complexity index is 852. The minimum Gasteiger partial charge on any atom is -0.389 e. The normalized spacial score (nSPS) is 22.2. The lowest BCUT2D eigenvalue weighted by atomic mass is 9.89. The maximum atomic E-state index is 14.6. The molecule has 0 bridgehead atoms. The molecule has 8 heteroatoms. The van der Waals surface area contributed by atoms with Crippen LogP contribution in [0.4, 0.5) is 10.3 Å². The Labute approximate surface area is 151 Å². The SMILES string of the molecule is Cc1c(C#N)c(C(C)C(C)(C)F)n2nc(N[C@@H]3CCOC[C@H]3O)ncc12. The van der Waals surface area contributed by atoms with Gasteiger partial charge in [-0.15, -0.1) is 5.10 Å². The molecule has 7 nitrogen and oxygen atoms in total. The number of nitrogens with zero attached hydrogens (tertiary/aromatic N) is 4. The molecule has 0 saturated carbocycles. The fraction of sp³-hybridized carbons (Fsp3) is 0.611. The first kappa shape index (κ1) is 18.5. The van der Waals surface area contributed by atoms with Gasteiger partial charge < -0.3 is 15.2 Å². The number of hydrogen-bond donors (Lipinski definition) is 2. The molecule has 2 aromatic heterocycles. The molecule has 140 valence electrons. The predicted molar refractivity (Wildman–Crippen MR) is 94.9 cm³/mol. The maximum absolute atomic E-state index is 14.6. The van der Waals surface area contributed by atoms with Gasteiger partial charge in [0, 0.05) is 12.5 Å². The number of hydrogen-bond acceptors (Lipinski definition) is 6. The Kier molecular flexibility index (Phi) is 4.86. The van der Waals surface area contributed by atoms with Crippen LogP contribution in [-0.2, 0) is 4.74 Å². The van der Waals surface area contributed by atoms with Crippen LogP contribution in [0.5, 0.6) is 0 Å². The number of rotatable bonds is 4. The van der Waals surface area contributed by atoms with Gasteiger partial charge >= 0.3 is 0 Å². The van der Waals surface area contributed by atoms with E-state index < -0.39 is 17.7 Å². The van der Waals surface area contributed by atoms with Crippen LogP contribution in [0.1, 0.15) is 49.9 Å². The van der Waals surface area contributed by atoms with Gasteiger partial charge in [-0.1, -0.05) is 6.92 Å². The van der Waals surface area contributed by atoms with Gasteiger partial charge in [0.2, 0.25) is 5.95 Å². The van der Waals surface area contributed by atoms with Crippen LogP contribution in [0, 0.1) is 18.3 Å². The van der Waals surface area contributed by atoms with E-state index in [1.165, 1.54) is 13.8 Å². The van der Waals surface area contributed by atoms with Gasteiger partial charge in [-0.2, -0.15) is 5.26 Å². The third-order valence-electron chi connectivity index (χ3n) is 5.17. The second kappa shape index (κ2) is 6.82. The highest BCUT2D eigenvalue weighted by molar-refractivity contribution is 5.64. The lowest BCUT2D eigenvalue weighted by Gasteiger charge is -2.28. The first-order chi connectivity index (χ1) is 12.2. The van der Waals surface area contributed by atoms with Gasteiger partial charge in [0.15, 0.2) is 0 Å². The van der Waals surface area contributed by atoms with Crippen LogP contribution < -0.4 is 5.32 Å². The van der Waals surface area contributed by atoms with E-state index in [4.69, 9.17) is 4.74 Å². The first-order valence-corrected chi connectivity index (χ1v) is 8.73. The van der Waals surface area contributed by atoms with E-state index in [-0.39, 0.29) is 12.6 Å². The Morgan fingerprint density at radius 1 is 1.54 bits per heavy atom. The number of aliphatic hydroxyl groups excluding tert-OH is 1. The lowest BCUT2D eigenvalue weighted by molar-refractivity contribution is -0.0136. The molecule has 1 unspecified atom stereocenters. The third-order valence-corrected chi connectivity index (χ3v) is 5.17. The number of aliphatic hydroxyl groups is 1. The zero-order valence-electron chi connectivity index (χ0n) is 15.5. The summed E-state index contributed by atoms with van der Waals surface area (Å²) in [6.07, 6.45) is 1.61. The number of ether oxygens (including phenoxy) is 1. The van der Waals surface area contributed by atoms with E-state index >= 15 is 0 Å². The van der Waals surface area contributed by atoms with Crippen molar-refractivity contribution >= 4 is 11.5 Å². The predicted octanol–water partition coefficient (Wildman–Crippen LogP) is 2.32. The standard InChI is InChI=1S/C18H24FN5O2/c1-10-12(7-20)16(11(2)18(3,4)19)24-14(10)8-21-17(23-24)22-13-5-6-26-9-15(13)25/h8,11,13,15,25H,5-6,9H2,1-4H3,(H,22,23)/t11?,13-,15-/m1/s1. The fourth-order valence-electron chi connectivity index (χ4n) is 3.21. The van der Waals surface area contributed by atoms with Crippen LogP contribution in [0.2, 0.25) is 0 Å². The molecule has 0 aliphatic carbocycles. The van der Waals surface area contributed by atoms with E-state index in [0.717, 1.165) is 5.56 Å². The summed E-state index contributed by atoms with van der Waals surface area (Å²) in [5, 5.41) is 27.2. The number of halogens is 1. The van der Waals surface area contributed by atoms with Crippen LogP contribution >= 0.6 is 0 Å². The molecular weight excluding hydrogens is 337 g/mol. The average Bonchev–Trinajstić information content (AvgIpc) is 2.87. The van der Waals surface area contributed by atoms with Crippen molar-refractivity contribution in [3.63, 3.8) is 0 Å². The highest BCUT2D eigenvalue weighted by Gasteiger charge is 2.33. The lowest BCUT2D eigenvalue weighted by Crippen LogP contribution is -2.42. The Balaban J connectivity index is 2.06. The Morgan fingerprint density at radius 2 is 2.27 bits per heavy atom. The Hall–Kier alpha value is -2.24. The molecule has 2 N–H and O–H groups in total. The minimum atomic E-state index is -1.51. The number of aryl methyl sites for hydroxylation is 1. The smallest absolute Gasteiger partial charge is 0.241 e. The van der Waals surface area contributed by atoms with Crippen molar-refractivity contribution in [2.45, 2.75) is 57.8 Å². The molecule has 3 atom stereocenters. The van der Waals surface area contributed by atoms with Crippen LogP contribution in [0.15, 0.2) is 6.20 Å². The van der Waals surface area contributed by atoms with Crippen molar-refractivity contribution < 1.29 is 14.2 Å². The number of aromatic nitrogens is 3. The minimum absolute atomic E-state index is 0.216. The second-order valence-corrected chi connectivity index (χ2v) is 7.34. The number of alkyl halides is 1. The van der Waals surface area contributed by atoms with E-state index in [0.29, 0.717) is 35.8 Å². The van der Waals surface area contributed by atoms with Gasteiger partial charge in [-0.3, -0.25) is 0 Å². The Morgan fingerprint density at radius 3 is 2.88 bits per heavy atom. The molecule has 1 saturated heterocycles. The molecule has 3 rings (SSSR count). The summed E-state index contributed by atoms with van der Waals surface area (Å²) in [4.78, 5) is 4.31. The molecular formula is C18H24FN5O2. The highest BCUT2D eigenvalue weighted by Crippen LogP contribution is 2.36. The van der Waals surface area contributed by atoms with Crippen molar-refractivity contribution in [1.82, 2.24) is 14.6 Å². The fourth-order valence-corrected chi connectivity index (χ4v) is 3.21. The van der Waals surface area contributed by atoms with E-state index in [1.807, 2.05) is 6.92 Å². The van der Waals surface area contributed by atoms with Gasteiger partial charge in [0.25, 0.3) is 0 Å². The third kappa shape index (κ3) is 3.24. The van der Waals surface area contributed by atoms with Crippen molar-refractivity contribution in [2.75, 3.05) is 18.5 Å². The van der Waals surface area contributed by atoms with Gasteiger partial charge in [0.05, 0.1) is 41.7 Å². The summed E-state index contributed by atoms with van der Waals surface area (Å²) in [5.41, 5.74) is 0.857. The quantitative estimate of drug-likeness (QED) is 0.868.